The maximum Gasteiger partial charge on any atom is 0.295 e. The lowest BCUT2D eigenvalue weighted by molar-refractivity contribution is -0.140. The van der Waals surface area contributed by atoms with Crippen LogP contribution in [0.4, 0.5) is 0 Å². The van der Waals surface area contributed by atoms with Crippen LogP contribution >= 0.6 is 0 Å². The summed E-state index contributed by atoms with van der Waals surface area (Å²) in [6, 6.07) is 20.4. The van der Waals surface area contributed by atoms with Crippen molar-refractivity contribution in [1.82, 2.24) is 9.80 Å². The Labute approximate surface area is 227 Å². The van der Waals surface area contributed by atoms with Crippen molar-refractivity contribution in [3.05, 3.63) is 101 Å². The van der Waals surface area contributed by atoms with Crippen LogP contribution in [0.25, 0.3) is 5.76 Å². The minimum atomic E-state index is -0.774. The number of aliphatic hydroxyl groups is 1. The Hall–Kier alpha value is -4.14. The number of carbonyl (C=O) groups is 2. The van der Waals surface area contributed by atoms with Gasteiger partial charge in [0.25, 0.3) is 11.7 Å². The molecule has 0 spiro atoms. The zero-order chi connectivity index (χ0) is 27.4. The number of carbonyl (C=O) groups excluding carboxylic acids is 2. The van der Waals surface area contributed by atoms with Crippen molar-refractivity contribution in [3.63, 3.8) is 0 Å². The van der Waals surface area contributed by atoms with Gasteiger partial charge in [-0.1, -0.05) is 36.4 Å². The van der Waals surface area contributed by atoms with Crippen molar-refractivity contribution < 1.29 is 29.3 Å². The summed E-state index contributed by atoms with van der Waals surface area (Å²) < 4.78 is 11.3. The molecule has 2 aliphatic rings. The number of benzene rings is 3. The Balaban J connectivity index is 1.41. The van der Waals surface area contributed by atoms with Crippen LogP contribution in [0.2, 0.25) is 0 Å². The van der Waals surface area contributed by atoms with E-state index in [-0.39, 0.29) is 17.1 Å². The molecule has 0 saturated carbocycles. The topological polar surface area (TPSA) is 99.5 Å². The number of nitrogens with zero attached hydrogens (tertiary/aromatic N) is 2. The van der Waals surface area contributed by atoms with Crippen molar-refractivity contribution in [2.75, 3.05) is 39.4 Å². The normalized spacial score (nSPS) is 19.4. The number of hydrogen-bond acceptors (Lipinski definition) is 7. The van der Waals surface area contributed by atoms with Crippen LogP contribution in [0, 0.1) is 6.92 Å². The molecule has 3 aromatic carbocycles. The van der Waals surface area contributed by atoms with Gasteiger partial charge in [-0.05, 0) is 60.0 Å². The number of likely N-dealkylation sites (tertiary alicyclic amines) is 1. The summed E-state index contributed by atoms with van der Waals surface area (Å²) >= 11 is 0. The number of rotatable bonds is 8. The summed E-state index contributed by atoms with van der Waals surface area (Å²) in [6.07, 6.45) is 0. The lowest BCUT2D eigenvalue weighted by Crippen LogP contribution is -2.42. The van der Waals surface area contributed by atoms with E-state index in [1.54, 1.807) is 36.4 Å². The number of morpholine rings is 1. The Morgan fingerprint density at radius 1 is 0.949 bits per heavy atom. The third kappa shape index (κ3) is 5.82. The summed E-state index contributed by atoms with van der Waals surface area (Å²) in [5.41, 5.74) is 3.29. The predicted molar refractivity (Wildman–Crippen MR) is 146 cm³/mol. The first-order valence-electron chi connectivity index (χ1n) is 13.1. The Morgan fingerprint density at radius 2 is 1.64 bits per heavy atom. The largest absolute Gasteiger partial charge is 0.508 e. The number of amides is 1. The molecule has 3 aromatic rings. The Bertz CT molecular complexity index is 1360. The molecule has 2 fully saturated rings. The van der Waals surface area contributed by atoms with E-state index in [2.05, 4.69) is 4.90 Å². The highest BCUT2D eigenvalue weighted by Crippen LogP contribution is 2.39. The molecule has 202 valence electrons. The van der Waals surface area contributed by atoms with E-state index < -0.39 is 17.7 Å². The fourth-order valence-electron chi connectivity index (χ4n) is 4.99. The molecule has 1 atom stereocenters. The van der Waals surface area contributed by atoms with Gasteiger partial charge >= 0.3 is 0 Å². The third-order valence-electron chi connectivity index (χ3n) is 7.29. The molecule has 5 rings (SSSR count). The second-order valence-electron chi connectivity index (χ2n) is 9.78. The molecule has 2 N–H and O–H groups in total. The molecule has 2 aliphatic heterocycles. The van der Waals surface area contributed by atoms with Crippen molar-refractivity contribution >= 4 is 17.4 Å². The molecule has 0 unspecified atom stereocenters. The zero-order valence-electron chi connectivity index (χ0n) is 21.9. The van der Waals surface area contributed by atoms with Crippen LogP contribution in [-0.2, 0) is 20.9 Å². The minimum absolute atomic E-state index is 0.0289. The monoisotopic (exact) mass is 528 g/mol. The standard InChI is InChI=1S/C31H32N2O6/c1-21-4-2-3-5-24(21)20-39-26-12-8-23(9-13-26)29(35)27-28(22-6-10-25(34)11-7-22)33(31(37)30(27)36)15-14-32-16-18-38-19-17-32/h2-13,28,34-35H,14-20H2,1H3/b29-27+/t28-/m0/s1. The summed E-state index contributed by atoms with van der Waals surface area (Å²) in [7, 11) is 0. The van der Waals surface area contributed by atoms with E-state index in [1.807, 2.05) is 31.2 Å². The molecule has 0 radical (unpaired) electrons. The van der Waals surface area contributed by atoms with E-state index in [0.717, 1.165) is 24.2 Å². The first kappa shape index (κ1) is 26.5. The number of hydrogen-bond donors (Lipinski definition) is 2. The first-order valence-corrected chi connectivity index (χ1v) is 13.1. The van der Waals surface area contributed by atoms with Gasteiger partial charge in [-0.2, -0.15) is 0 Å². The average molecular weight is 529 g/mol. The minimum Gasteiger partial charge on any atom is -0.508 e. The van der Waals surface area contributed by atoms with Crippen molar-refractivity contribution in [1.29, 1.82) is 0 Å². The van der Waals surface area contributed by atoms with Gasteiger partial charge in [0.05, 0.1) is 24.8 Å². The van der Waals surface area contributed by atoms with E-state index in [4.69, 9.17) is 9.47 Å². The molecule has 8 heteroatoms. The Morgan fingerprint density at radius 3 is 2.33 bits per heavy atom. The molecule has 1 amide bonds. The Kier molecular flexibility index (Phi) is 7.95. The van der Waals surface area contributed by atoms with Crippen LogP contribution in [-0.4, -0.2) is 71.1 Å². The fraction of sp³-hybridized carbons (Fsp3) is 0.290. The van der Waals surface area contributed by atoms with Crippen molar-refractivity contribution in [2.45, 2.75) is 19.6 Å². The van der Waals surface area contributed by atoms with Crippen LogP contribution < -0.4 is 4.74 Å². The summed E-state index contributed by atoms with van der Waals surface area (Å²) in [4.78, 5) is 30.2. The summed E-state index contributed by atoms with van der Waals surface area (Å²) in [5.74, 6) is -0.930. The number of aliphatic hydroxyl groups excluding tert-OH is 1. The molecule has 8 nitrogen and oxygen atoms in total. The number of aromatic hydroxyl groups is 1. The second-order valence-corrected chi connectivity index (χ2v) is 9.78. The average Bonchev–Trinajstić information content (AvgIpc) is 3.21. The van der Waals surface area contributed by atoms with Gasteiger partial charge in [0.2, 0.25) is 0 Å². The van der Waals surface area contributed by atoms with Crippen molar-refractivity contribution in [3.8, 4) is 11.5 Å². The molecule has 0 bridgehead atoms. The van der Waals surface area contributed by atoms with Gasteiger partial charge < -0.3 is 24.6 Å². The van der Waals surface area contributed by atoms with Gasteiger partial charge in [0.15, 0.2) is 0 Å². The number of phenolic OH excluding ortho intramolecular Hbond substituents is 1. The van der Waals surface area contributed by atoms with Gasteiger partial charge in [-0.3, -0.25) is 14.5 Å². The highest BCUT2D eigenvalue weighted by atomic mass is 16.5. The molecule has 39 heavy (non-hydrogen) atoms. The quantitative estimate of drug-likeness (QED) is 0.259. The number of ketones is 1. The predicted octanol–water partition coefficient (Wildman–Crippen LogP) is 4.03. The highest BCUT2D eigenvalue weighted by molar-refractivity contribution is 6.46. The maximum atomic E-state index is 13.3. The smallest absolute Gasteiger partial charge is 0.295 e. The van der Waals surface area contributed by atoms with E-state index >= 15 is 0 Å². The van der Waals surface area contributed by atoms with Crippen LogP contribution in [0.1, 0.15) is 28.3 Å². The summed E-state index contributed by atoms with van der Waals surface area (Å²) in [5, 5.41) is 21.1. The molecule has 2 heterocycles. The van der Waals surface area contributed by atoms with Crippen molar-refractivity contribution in [2.24, 2.45) is 0 Å². The summed E-state index contributed by atoms with van der Waals surface area (Å²) in [6.45, 7) is 6.11. The van der Waals surface area contributed by atoms with Gasteiger partial charge in [0, 0.05) is 31.7 Å². The fourth-order valence-corrected chi connectivity index (χ4v) is 4.99. The lowest BCUT2D eigenvalue weighted by atomic mass is 9.95. The SMILES string of the molecule is Cc1ccccc1COc1ccc(/C(O)=C2\C(=O)C(=O)N(CCN3CCOCC3)[C@H]2c2ccc(O)cc2)cc1. The zero-order valence-corrected chi connectivity index (χ0v) is 21.9. The lowest BCUT2D eigenvalue weighted by Gasteiger charge is -2.31. The molecule has 0 aliphatic carbocycles. The number of ether oxygens (including phenoxy) is 2. The van der Waals surface area contributed by atoms with E-state index in [0.29, 0.717) is 49.8 Å². The number of aryl methyl sites for hydroxylation is 1. The van der Waals surface area contributed by atoms with Gasteiger partial charge in [-0.25, -0.2) is 0 Å². The van der Waals surface area contributed by atoms with E-state index in [1.165, 1.54) is 17.0 Å². The maximum absolute atomic E-state index is 13.3. The molecule has 2 saturated heterocycles. The number of phenols is 1. The third-order valence-corrected chi connectivity index (χ3v) is 7.29. The number of Topliss-reactive ketones (excluding diaryl/α,β-unsaturated/α-hetero) is 1. The molecular weight excluding hydrogens is 496 g/mol. The molecular formula is C31H32N2O6. The second kappa shape index (κ2) is 11.7. The highest BCUT2D eigenvalue weighted by Gasteiger charge is 2.46. The van der Waals surface area contributed by atoms with Crippen LogP contribution in [0.3, 0.4) is 0 Å². The first-order chi connectivity index (χ1) is 18.9. The van der Waals surface area contributed by atoms with Gasteiger partial charge in [0.1, 0.15) is 23.9 Å². The van der Waals surface area contributed by atoms with Crippen LogP contribution in [0.15, 0.2) is 78.4 Å². The van der Waals surface area contributed by atoms with E-state index in [9.17, 15) is 19.8 Å². The van der Waals surface area contributed by atoms with Gasteiger partial charge in [-0.15, -0.1) is 0 Å². The van der Waals surface area contributed by atoms with Crippen LogP contribution in [0.5, 0.6) is 11.5 Å². The molecule has 0 aromatic heterocycles.